The van der Waals surface area contributed by atoms with Crippen molar-refractivity contribution in [2.24, 2.45) is 4.99 Å². The van der Waals surface area contributed by atoms with E-state index in [1.54, 1.807) is 0 Å². The topological polar surface area (TPSA) is 80.9 Å². The lowest BCUT2D eigenvalue weighted by molar-refractivity contribution is -0.0800. The van der Waals surface area contributed by atoms with E-state index >= 15 is 0 Å². The van der Waals surface area contributed by atoms with Crippen molar-refractivity contribution < 1.29 is 9.84 Å². The van der Waals surface area contributed by atoms with Crippen molar-refractivity contribution >= 4 is 5.96 Å². The summed E-state index contributed by atoms with van der Waals surface area (Å²) < 4.78 is 5.91. The molecule has 0 radical (unpaired) electrons. The Hall–Kier alpha value is -2.26. The lowest BCUT2D eigenvalue weighted by atomic mass is 9.85. The smallest absolute Gasteiger partial charge is 0.210 e. The van der Waals surface area contributed by atoms with Crippen LogP contribution in [0, 0.1) is 11.5 Å². The molecule has 1 aromatic rings. The predicted octanol–water partition coefficient (Wildman–Crippen LogP) is 1.00. The summed E-state index contributed by atoms with van der Waals surface area (Å²) in [6, 6.07) is 7.40. The molecule has 0 saturated carbocycles. The Morgan fingerprint density at radius 2 is 2.24 bits per heavy atom. The van der Waals surface area contributed by atoms with Crippen molar-refractivity contribution in [3.8, 4) is 11.9 Å². The van der Waals surface area contributed by atoms with Crippen LogP contribution in [0.5, 0.6) is 5.75 Å². The summed E-state index contributed by atoms with van der Waals surface area (Å²) in [6.45, 7) is 5.12. The number of fused-ring (bicyclic) bond motifs is 1. The van der Waals surface area contributed by atoms with Gasteiger partial charge in [0, 0.05) is 18.7 Å². The molecule has 21 heavy (non-hydrogen) atoms. The summed E-state index contributed by atoms with van der Waals surface area (Å²) >= 11 is 0. The van der Waals surface area contributed by atoms with Crippen LogP contribution in [0.2, 0.25) is 0 Å². The molecule has 6 nitrogen and oxygen atoms in total. The molecule has 0 aromatic heterocycles. The summed E-state index contributed by atoms with van der Waals surface area (Å²) in [6.07, 6.45) is 1.08. The van der Waals surface area contributed by atoms with E-state index in [4.69, 9.17) is 10.00 Å². The van der Waals surface area contributed by atoms with Crippen molar-refractivity contribution in [2.75, 3.05) is 13.1 Å². The van der Waals surface area contributed by atoms with Crippen LogP contribution in [-0.4, -0.2) is 40.8 Å². The Morgan fingerprint density at radius 1 is 1.48 bits per heavy atom. The molecule has 1 saturated heterocycles. The lowest BCUT2D eigenvalue weighted by Crippen LogP contribution is -2.54. The SMILES string of the molecule is CC1(C)Oc2ccccc2C(N2CCNC2=NC#N)C1O. The quantitative estimate of drug-likeness (QED) is 0.753. The predicted molar refractivity (Wildman–Crippen MR) is 77.7 cm³/mol. The van der Waals surface area contributed by atoms with Crippen LogP contribution in [0.25, 0.3) is 0 Å². The van der Waals surface area contributed by atoms with E-state index in [-0.39, 0.29) is 6.04 Å². The van der Waals surface area contributed by atoms with Crippen molar-refractivity contribution in [1.82, 2.24) is 10.2 Å². The number of nitrogens with zero attached hydrogens (tertiary/aromatic N) is 3. The maximum Gasteiger partial charge on any atom is 0.210 e. The first kappa shape index (κ1) is 13.7. The van der Waals surface area contributed by atoms with Crippen molar-refractivity contribution in [3.63, 3.8) is 0 Å². The Kier molecular flexibility index (Phi) is 3.22. The normalized spacial score (nSPS) is 28.5. The largest absolute Gasteiger partial charge is 0.485 e. The molecule has 2 aliphatic heterocycles. The van der Waals surface area contributed by atoms with Gasteiger partial charge in [-0.05, 0) is 19.9 Å². The molecule has 3 rings (SSSR count). The Morgan fingerprint density at radius 3 is 3.00 bits per heavy atom. The van der Waals surface area contributed by atoms with E-state index in [1.807, 2.05) is 49.2 Å². The molecular weight excluding hydrogens is 268 g/mol. The molecule has 2 atom stereocenters. The zero-order valence-electron chi connectivity index (χ0n) is 12.1. The summed E-state index contributed by atoms with van der Waals surface area (Å²) in [4.78, 5) is 5.76. The van der Waals surface area contributed by atoms with Crippen LogP contribution in [0.3, 0.4) is 0 Å². The van der Waals surface area contributed by atoms with Gasteiger partial charge in [0.15, 0.2) is 0 Å². The van der Waals surface area contributed by atoms with Gasteiger partial charge in [0.25, 0.3) is 0 Å². The highest BCUT2D eigenvalue weighted by molar-refractivity contribution is 5.83. The molecule has 1 aromatic carbocycles. The molecule has 0 bridgehead atoms. The first-order chi connectivity index (χ1) is 10.0. The fraction of sp³-hybridized carbons (Fsp3) is 0.467. The average Bonchev–Trinajstić information content (AvgIpc) is 2.88. The van der Waals surface area contributed by atoms with Gasteiger partial charge < -0.3 is 20.1 Å². The van der Waals surface area contributed by atoms with Gasteiger partial charge in [0.2, 0.25) is 12.2 Å². The number of nitrogens with one attached hydrogen (secondary N) is 1. The summed E-state index contributed by atoms with van der Waals surface area (Å²) in [5.74, 6) is 1.27. The second-order valence-corrected chi connectivity index (χ2v) is 5.79. The van der Waals surface area contributed by atoms with Gasteiger partial charge in [-0.3, -0.25) is 0 Å². The van der Waals surface area contributed by atoms with Gasteiger partial charge in [-0.1, -0.05) is 18.2 Å². The van der Waals surface area contributed by atoms with Crippen molar-refractivity contribution in [2.45, 2.75) is 31.6 Å². The van der Waals surface area contributed by atoms with E-state index < -0.39 is 11.7 Å². The van der Waals surface area contributed by atoms with Gasteiger partial charge in [-0.2, -0.15) is 5.26 Å². The molecule has 0 spiro atoms. The Balaban J connectivity index is 2.08. The summed E-state index contributed by atoms with van der Waals surface area (Å²) in [7, 11) is 0. The number of guanidine groups is 1. The number of para-hydroxylation sites is 1. The van der Waals surface area contributed by atoms with Crippen LogP contribution < -0.4 is 10.1 Å². The number of aliphatic hydroxyl groups is 1. The second kappa shape index (κ2) is 4.93. The van der Waals surface area contributed by atoms with Gasteiger partial charge >= 0.3 is 0 Å². The van der Waals surface area contributed by atoms with E-state index in [1.165, 1.54) is 0 Å². The highest BCUT2D eigenvalue weighted by Gasteiger charge is 2.46. The van der Waals surface area contributed by atoms with E-state index in [9.17, 15) is 5.11 Å². The first-order valence-corrected chi connectivity index (χ1v) is 6.98. The highest BCUT2D eigenvalue weighted by atomic mass is 16.5. The molecule has 2 aliphatic rings. The third-order valence-electron chi connectivity index (χ3n) is 4.02. The molecule has 110 valence electrons. The third kappa shape index (κ3) is 2.20. The first-order valence-electron chi connectivity index (χ1n) is 6.98. The van der Waals surface area contributed by atoms with Gasteiger partial charge in [0.05, 0.1) is 6.04 Å². The standard InChI is InChI=1S/C15H18N4O2/c1-15(2)13(20)12(10-5-3-4-6-11(10)21-15)19-8-7-17-14(19)18-9-16/h3-6,12-13,20H,7-8H2,1-2H3,(H,17,18). The zero-order valence-corrected chi connectivity index (χ0v) is 12.1. The number of rotatable bonds is 1. The van der Waals surface area contributed by atoms with Crippen LogP contribution in [0.15, 0.2) is 29.3 Å². The zero-order chi connectivity index (χ0) is 15.0. The van der Waals surface area contributed by atoms with Crippen molar-refractivity contribution in [3.05, 3.63) is 29.8 Å². The monoisotopic (exact) mass is 286 g/mol. The highest BCUT2D eigenvalue weighted by Crippen LogP contribution is 2.42. The molecule has 2 heterocycles. The van der Waals surface area contributed by atoms with Gasteiger partial charge in [0.1, 0.15) is 17.5 Å². The molecule has 2 N–H and O–H groups in total. The third-order valence-corrected chi connectivity index (χ3v) is 4.02. The number of benzene rings is 1. The van der Waals surface area contributed by atoms with Gasteiger partial charge in [-0.25, -0.2) is 0 Å². The number of ether oxygens (including phenoxy) is 1. The second-order valence-electron chi connectivity index (χ2n) is 5.79. The van der Waals surface area contributed by atoms with Crippen LogP contribution in [0.1, 0.15) is 25.5 Å². The van der Waals surface area contributed by atoms with Crippen LogP contribution in [0.4, 0.5) is 0 Å². The molecule has 1 fully saturated rings. The van der Waals surface area contributed by atoms with E-state index in [2.05, 4.69) is 10.3 Å². The van der Waals surface area contributed by atoms with Crippen molar-refractivity contribution in [1.29, 1.82) is 5.26 Å². The number of aliphatic imine (C=N–C) groups is 1. The molecule has 2 unspecified atom stereocenters. The summed E-state index contributed by atoms with van der Waals surface area (Å²) in [5.41, 5.74) is 0.206. The lowest BCUT2D eigenvalue weighted by Gasteiger charge is -2.45. The molecule has 6 heteroatoms. The van der Waals surface area contributed by atoms with Gasteiger partial charge in [-0.15, -0.1) is 4.99 Å². The van der Waals surface area contributed by atoms with Crippen LogP contribution >= 0.6 is 0 Å². The fourth-order valence-corrected chi connectivity index (χ4v) is 2.97. The minimum absolute atomic E-state index is 0.285. The number of hydrogen-bond acceptors (Lipinski definition) is 4. The fourth-order valence-electron chi connectivity index (χ4n) is 2.97. The Bertz CT molecular complexity index is 620. The maximum absolute atomic E-state index is 10.8. The molecule has 0 aliphatic carbocycles. The maximum atomic E-state index is 10.8. The minimum atomic E-state index is -0.726. The summed E-state index contributed by atoms with van der Waals surface area (Å²) in [5, 5.41) is 22.7. The van der Waals surface area contributed by atoms with E-state index in [0.717, 1.165) is 11.3 Å². The minimum Gasteiger partial charge on any atom is -0.485 e. The number of aliphatic hydroxyl groups excluding tert-OH is 1. The average molecular weight is 286 g/mol. The molecule has 0 amide bonds. The number of nitriles is 1. The van der Waals surface area contributed by atoms with E-state index in [0.29, 0.717) is 19.0 Å². The molecular formula is C15H18N4O2. The Labute approximate surface area is 123 Å². The number of hydrogen-bond donors (Lipinski definition) is 2. The van der Waals surface area contributed by atoms with Crippen LogP contribution in [-0.2, 0) is 0 Å².